The molecule has 0 aromatic heterocycles. The molecule has 0 unspecified atom stereocenters. The Bertz CT molecular complexity index is 851. The number of rotatable bonds is 5. The summed E-state index contributed by atoms with van der Waals surface area (Å²) < 4.78 is 10.5. The van der Waals surface area contributed by atoms with Crippen molar-refractivity contribution in [2.24, 2.45) is 0 Å². The van der Waals surface area contributed by atoms with Crippen molar-refractivity contribution in [2.45, 2.75) is 13.3 Å². The monoisotopic (exact) mass is 355 g/mol. The maximum absolute atomic E-state index is 12.3. The molecule has 1 aliphatic heterocycles. The molecule has 0 radical (unpaired) electrons. The summed E-state index contributed by atoms with van der Waals surface area (Å²) >= 11 is 0. The highest BCUT2D eigenvalue weighted by Gasteiger charge is 2.26. The summed E-state index contributed by atoms with van der Waals surface area (Å²) in [4.78, 5) is 26.0. The Balaban J connectivity index is 1.74. The molecule has 7 nitrogen and oxygen atoms in total. The maximum atomic E-state index is 12.3. The summed E-state index contributed by atoms with van der Waals surface area (Å²) in [6, 6.07) is 10.3. The number of nitrogens with zero attached hydrogens (tertiary/aromatic N) is 1. The molecule has 0 bridgehead atoms. The summed E-state index contributed by atoms with van der Waals surface area (Å²) in [5.74, 6) is 1.05. The summed E-state index contributed by atoms with van der Waals surface area (Å²) in [5.41, 5.74) is 2.93. The Morgan fingerprint density at radius 3 is 2.65 bits per heavy atom. The second-order valence-corrected chi connectivity index (χ2v) is 5.78. The SMILES string of the molecule is CCN1C(=O)Cc2cc(NC(=O)Nc3cccc(OC)c3OC)ccc21. The van der Waals surface area contributed by atoms with Crippen molar-refractivity contribution in [3.63, 3.8) is 0 Å². The van der Waals surface area contributed by atoms with Crippen molar-refractivity contribution in [1.82, 2.24) is 0 Å². The van der Waals surface area contributed by atoms with Gasteiger partial charge in [-0.25, -0.2) is 4.79 Å². The van der Waals surface area contributed by atoms with E-state index in [1.807, 2.05) is 19.1 Å². The number of fused-ring (bicyclic) bond motifs is 1. The first-order valence-electron chi connectivity index (χ1n) is 8.29. The number of benzene rings is 2. The van der Waals surface area contributed by atoms with E-state index >= 15 is 0 Å². The second-order valence-electron chi connectivity index (χ2n) is 5.78. The van der Waals surface area contributed by atoms with Gasteiger partial charge in [-0.1, -0.05) is 6.07 Å². The number of anilines is 3. The van der Waals surface area contributed by atoms with Crippen molar-refractivity contribution in [3.8, 4) is 11.5 Å². The van der Waals surface area contributed by atoms with Crippen LogP contribution in [0.3, 0.4) is 0 Å². The number of nitrogens with one attached hydrogen (secondary N) is 2. The van der Waals surface area contributed by atoms with Crippen LogP contribution in [-0.2, 0) is 11.2 Å². The van der Waals surface area contributed by atoms with Crippen LogP contribution in [0, 0.1) is 0 Å². The van der Waals surface area contributed by atoms with Crippen LogP contribution in [0.2, 0.25) is 0 Å². The highest BCUT2D eigenvalue weighted by Crippen LogP contribution is 2.35. The molecule has 7 heteroatoms. The molecule has 2 aromatic rings. The van der Waals surface area contributed by atoms with Crippen LogP contribution in [0.5, 0.6) is 11.5 Å². The summed E-state index contributed by atoms with van der Waals surface area (Å²) in [7, 11) is 3.05. The minimum atomic E-state index is -0.409. The molecule has 3 amide bonds. The smallest absolute Gasteiger partial charge is 0.323 e. The van der Waals surface area contributed by atoms with Gasteiger partial charge in [-0.3, -0.25) is 4.79 Å². The molecule has 136 valence electrons. The van der Waals surface area contributed by atoms with E-state index < -0.39 is 6.03 Å². The predicted molar refractivity (Wildman–Crippen MR) is 100 cm³/mol. The van der Waals surface area contributed by atoms with E-state index in [0.717, 1.165) is 11.3 Å². The van der Waals surface area contributed by atoms with Gasteiger partial charge < -0.3 is 25.0 Å². The Morgan fingerprint density at radius 1 is 1.15 bits per heavy atom. The molecule has 0 saturated carbocycles. The van der Waals surface area contributed by atoms with Crippen LogP contribution in [0.4, 0.5) is 21.9 Å². The Kier molecular flexibility index (Phi) is 4.97. The van der Waals surface area contributed by atoms with Gasteiger partial charge in [0.2, 0.25) is 5.91 Å². The molecule has 0 fully saturated rings. The van der Waals surface area contributed by atoms with Gasteiger partial charge in [-0.2, -0.15) is 0 Å². The second kappa shape index (κ2) is 7.35. The number of methoxy groups -OCH3 is 2. The van der Waals surface area contributed by atoms with Crippen molar-refractivity contribution in [2.75, 3.05) is 36.3 Å². The van der Waals surface area contributed by atoms with Gasteiger partial charge >= 0.3 is 6.03 Å². The molecular formula is C19H21N3O4. The predicted octanol–water partition coefficient (Wildman–Crippen LogP) is 3.26. The zero-order chi connectivity index (χ0) is 18.7. The first-order valence-corrected chi connectivity index (χ1v) is 8.29. The third-order valence-corrected chi connectivity index (χ3v) is 4.24. The van der Waals surface area contributed by atoms with Gasteiger partial charge in [0.05, 0.1) is 26.3 Å². The third kappa shape index (κ3) is 3.28. The summed E-state index contributed by atoms with van der Waals surface area (Å²) in [6.07, 6.45) is 0.351. The van der Waals surface area contributed by atoms with Crippen LogP contribution in [0.25, 0.3) is 0 Å². The molecule has 2 aromatic carbocycles. The number of hydrogen-bond acceptors (Lipinski definition) is 4. The van der Waals surface area contributed by atoms with Gasteiger partial charge in [0.25, 0.3) is 0 Å². The van der Waals surface area contributed by atoms with Gasteiger partial charge in [0.1, 0.15) is 0 Å². The van der Waals surface area contributed by atoms with E-state index in [4.69, 9.17) is 9.47 Å². The number of hydrogen-bond donors (Lipinski definition) is 2. The van der Waals surface area contributed by atoms with Gasteiger partial charge in [0.15, 0.2) is 11.5 Å². The van der Waals surface area contributed by atoms with E-state index in [1.165, 1.54) is 14.2 Å². The van der Waals surface area contributed by atoms with Crippen LogP contribution in [0.15, 0.2) is 36.4 Å². The number of urea groups is 1. The molecule has 2 N–H and O–H groups in total. The fourth-order valence-electron chi connectivity index (χ4n) is 3.08. The number of carbonyl (C=O) groups excluding carboxylic acids is 2. The molecule has 0 aliphatic carbocycles. The quantitative estimate of drug-likeness (QED) is 0.863. The van der Waals surface area contributed by atoms with Gasteiger partial charge in [-0.15, -0.1) is 0 Å². The van der Waals surface area contributed by atoms with Crippen molar-refractivity contribution >= 4 is 29.0 Å². The summed E-state index contributed by atoms with van der Waals surface area (Å²) in [5, 5.41) is 5.53. The van der Waals surface area contributed by atoms with Crippen molar-refractivity contribution in [3.05, 3.63) is 42.0 Å². The zero-order valence-electron chi connectivity index (χ0n) is 15.0. The Morgan fingerprint density at radius 2 is 1.96 bits per heavy atom. The van der Waals surface area contributed by atoms with Gasteiger partial charge in [0, 0.05) is 17.9 Å². The van der Waals surface area contributed by atoms with E-state index in [0.29, 0.717) is 35.8 Å². The average Bonchev–Trinajstić information content (AvgIpc) is 2.95. The lowest BCUT2D eigenvalue weighted by Crippen LogP contribution is -2.25. The molecule has 0 atom stereocenters. The molecule has 26 heavy (non-hydrogen) atoms. The minimum absolute atomic E-state index is 0.0743. The zero-order valence-corrected chi connectivity index (χ0v) is 15.0. The number of carbonyl (C=O) groups is 2. The number of ether oxygens (including phenoxy) is 2. The van der Waals surface area contributed by atoms with E-state index in [2.05, 4.69) is 10.6 Å². The number of para-hydroxylation sites is 1. The average molecular weight is 355 g/mol. The molecule has 0 saturated heterocycles. The first kappa shape index (κ1) is 17.6. The topological polar surface area (TPSA) is 79.9 Å². The van der Waals surface area contributed by atoms with E-state index in [1.54, 1.807) is 29.2 Å². The molecule has 1 aliphatic rings. The highest BCUT2D eigenvalue weighted by atomic mass is 16.5. The Labute approximate surface area is 151 Å². The van der Waals surface area contributed by atoms with E-state index in [-0.39, 0.29) is 5.91 Å². The van der Waals surface area contributed by atoms with E-state index in [9.17, 15) is 9.59 Å². The van der Waals surface area contributed by atoms with Crippen molar-refractivity contribution in [1.29, 1.82) is 0 Å². The lowest BCUT2D eigenvalue weighted by molar-refractivity contribution is -0.117. The van der Waals surface area contributed by atoms with Crippen molar-refractivity contribution < 1.29 is 19.1 Å². The number of amides is 3. The fraction of sp³-hybridized carbons (Fsp3) is 0.263. The highest BCUT2D eigenvalue weighted by molar-refractivity contribution is 6.04. The lowest BCUT2D eigenvalue weighted by atomic mass is 10.1. The number of likely N-dealkylation sites (N-methyl/N-ethyl adjacent to an activating group) is 1. The molecular weight excluding hydrogens is 334 g/mol. The molecule has 3 rings (SSSR count). The summed E-state index contributed by atoms with van der Waals surface area (Å²) in [6.45, 7) is 2.57. The maximum Gasteiger partial charge on any atom is 0.323 e. The Hall–Kier alpha value is -3.22. The third-order valence-electron chi connectivity index (χ3n) is 4.24. The van der Waals surface area contributed by atoms with Gasteiger partial charge in [-0.05, 0) is 42.8 Å². The standard InChI is InChI=1S/C19H21N3O4/c1-4-22-15-9-8-13(10-12(15)11-17(22)23)20-19(24)21-14-6-5-7-16(25-2)18(14)26-3/h5-10H,4,11H2,1-3H3,(H2,20,21,24). The normalized spacial score (nSPS) is 12.6. The lowest BCUT2D eigenvalue weighted by Gasteiger charge is -2.16. The van der Waals surface area contributed by atoms with Crippen LogP contribution >= 0.6 is 0 Å². The van der Waals surface area contributed by atoms with Crippen LogP contribution < -0.4 is 25.0 Å². The largest absolute Gasteiger partial charge is 0.493 e. The first-order chi connectivity index (χ1) is 12.6. The fourth-order valence-corrected chi connectivity index (χ4v) is 3.08. The molecule has 0 spiro atoms. The molecule has 1 heterocycles. The van der Waals surface area contributed by atoms with Crippen LogP contribution in [-0.4, -0.2) is 32.7 Å². The van der Waals surface area contributed by atoms with Crippen LogP contribution in [0.1, 0.15) is 12.5 Å². The minimum Gasteiger partial charge on any atom is -0.493 e.